The van der Waals surface area contributed by atoms with Gasteiger partial charge in [0.2, 0.25) is 0 Å². The molecule has 1 aromatic carbocycles. The number of ether oxygens (including phenoxy) is 1. The molecular weight excluding hydrogens is 478 g/mol. The number of amides is 2. The Kier molecular flexibility index (Phi) is 7.06. The van der Waals surface area contributed by atoms with E-state index in [0.717, 1.165) is 49.3 Å². The number of urea groups is 1. The van der Waals surface area contributed by atoms with Crippen LogP contribution in [0.25, 0.3) is 11.6 Å². The van der Waals surface area contributed by atoms with Gasteiger partial charge in [0.1, 0.15) is 12.4 Å². The molecule has 2 amide bonds. The van der Waals surface area contributed by atoms with Crippen molar-refractivity contribution < 1.29 is 9.53 Å². The van der Waals surface area contributed by atoms with E-state index in [1.54, 1.807) is 35.5 Å². The van der Waals surface area contributed by atoms with Crippen molar-refractivity contribution in [3.05, 3.63) is 92.1 Å². The van der Waals surface area contributed by atoms with Crippen molar-refractivity contribution in [1.29, 1.82) is 0 Å². The number of carbonyl (C=O) groups excluding carboxylic acids is 1. The summed E-state index contributed by atoms with van der Waals surface area (Å²) >= 11 is 5.92. The number of aromatic amines is 1. The highest BCUT2D eigenvalue weighted by Gasteiger charge is 2.21. The molecule has 1 aliphatic heterocycles. The number of rotatable bonds is 6. The van der Waals surface area contributed by atoms with E-state index >= 15 is 0 Å². The van der Waals surface area contributed by atoms with E-state index in [-0.39, 0.29) is 18.2 Å². The first-order chi connectivity index (χ1) is 17.5. The van der Waals surface area contributed by atoms with Gasteiger partial charge in [0.25, 0.3) is 5.56 Å². The quantitative estimate of drug-likeness (QED) is 0.531. The fourth-order valence-electron chi connectivity index (χ4n) is 4.75. The van der Waals surface area contributed by atoms with E-state index in [4.69, 9.17) is 22.1 Å². The average molecular weight is 506 g/mol. The summed E-state index contributed by atoms with van der Waals surface area (Å²) in [5.74, 6) is 0.539. The molecule has 0 atom stereocenters. The Morgan fingerprint density at radius 1 is 1.11 bits per heavy atom. The van der Waals surface area contributed by atoms with Crippen LogP contribution in [0, 0.1) is 0 Å². The number of nitrogens with zero attached hydrogens (tertiary/aromatic N) is 3. The van der Waals surface area contributed by atoms with E-state index < -0.39 is 0 Å². The second kappa shape index (κ2) is 10.6. The van der Waals surface area contributed by atoms with Gasteiger partial charge in [-0.25, -0.2) is 4.79 Å². The van der Waals surface area contributed by atoms with Crippen LogP contribution in [0.4, 0.5) is 4.79 Å². The first-order valence-electron chi connectivity index (χ1n) is 12.0. The lowest BCUT2D eigenvalue weighted by Crippen LogP contribution is -2.50. The van der Waals surface area contributed by atoms with Gasteiger partial charge in [-0.15, -0.1) is 0 Å². The zero-order chi connectivity index (χ0) is 25.1. The van der Waals surface area contributed by atoms with Gasteiger partial charge in [0.15, 0.2) is 0 Å². The van der Waals surface area contributed by atoms with Gasteiger partial charge in [0.05, 0.1) is 16.3 Å². The molecule has 9 heteroatoms. The SMILES string of the molecule is NC(=O)N1CCN(Cc2ccc3c(c2)CCC(c2c(OCc4ccc(Cl)cn4)cc[nH]c2=O)=C3)CC1. The van der Waals surface area contributed by atoms with Crippen LogP contribution in [0.15, 0.2) is 53.6 Å². The summed E-state index contributed by atoms with van der Waals surface area (Å²) < 4.78 is 6.01. The highest BCUT2D eigenvalue weighted by atomic mass is 35.5. The van der Waals surface area contributed by atoms with Crippen LogP contribution in [0.1, 0.15) is 34.4 Å². The third kappa shape index (κ3) is 5.45. The highest BCUT2D eigenvalue weighted by Crippen LogP contribution is 2.33. The van der Waals surface area contributed by atoms with Gasteiger partial charge in [0, 0.05) is 45.1 Å². The van der Waals surface area contributed by atoms with Crippen molar-refractivity contribution in [2.75, 3.05) is 26.2 Å². The molecule has 8 nitrogen and oxygen atoms in total. The summed E-state index contributed by atoms with van der Waals surface area (Å²) in [6, 6.07) is 11.5. The first kappa shape index (κ1) is 24.1. The number of fused-ring (bicyclic) bond motifs is 1. The van der Waals surface area contributed by atoms with Crippen molar-refractivity contribution in [3.8, 4) is 5.75 Å². The van der Waals surface area contributed by atoms with Crippen molar-refractivity contribution in [1.82, 2.24) is 19.8 Å². The Morgan fingerprint density at radius 2 is 1.94 bits per heavy atom. The van der Waals surface area contributed by atoms with Crippen LogP contribution in [0.2, 0.25) is 5.02 Å². The molecule has 0 saturated carbocycles. The number of H-pyrrole nitrogens is 1. The third-order valence-electron chi connectivity index (χ3n) is 6.70. The Balaban J connectivity index is 1.31. The van der Waals surface area contributed by atoms with Crippen LogP contribution in [0.5, 0.6) is 5.75 Å². The summed E-state index contributed by atoms with van der Waals surface area (Å²) in [7, 11) is 0. The summed E-state index contributed by atoms with van der Waals surface area (Å²) in [6.07, 6.45) is 6.86. The van der Waals surface area contributed by atoms with E-state index in [9.17, 15) is 9.59 Å². The number of hydrogen-bond donors (Lipinski definition) is 2. The first-order valence-corrected chi connectivity index (χ1v) is 12.4. The second-order valence-electron chi connectivity index (χ2n) is 9.11. The second-order valence-corrected chi connectivity index (χ2v) is 9.54. The normalized spacial score (nSPS) is 15.8. The number of hydrogen-bond acceptors (Lipinski definition) is 5. The number of aromatic nitrogens is 2. The summed E-state index contributed by atoms with van der Waals surface area (Å²) in [5, 5.41) is 0.565. The van der Waals surface area contributed by atoms with Crippen LogP contribution in [-0.2, 0) is 19.6 Å². The summed E-state index contributed by atoms with van der Waals surface area (Å²) in [4.78, 5) is 35.2. The predicted octanol–water partition coefficient (Wildman–Crippen LogP) is 3.69. The van der Waals surface area contributed by atoms with Crippen molar-refractivity contribution in [2.45, 2.75) is 26.0 Å². The lowest BCUT2D eigenvalue weighted by Gasteiger charge is -2.33. The third-order valence-corrected chi connectivity index (χ3v) is 6.92. The van der Waals surface area contributed by atoms with E-state index in [1.807, 2.05) is 0 Å². The number of pyridine rings is 2. The Morgan fingerprint density at radius 3 is 2.69 bits per heavy atom. The predicted molar refractivity (Wildman–Crippen MR) is 140 cm³/mol. The van der Waals surface area contributed by atoms with E-state index in [2.05, 4.69) is 39.1 Å². The molecule has 186 valence electrons. The standard InChI is InChI=1S/C27H28ClN5O3/c28-22-5-6-23(31-15-22)17-36-24-7-8-30-26(34)25(24)21-4-3-19-13-18(1-2-20(19)14-21)16-32-9-11-33(12-10-32)27(29)35/h1-2,5-8,13-15H,3-4,9-12,16-17H2,(H2,29,35)(H,30,34). The fourth-order valence-corrected chi connectivity index (χ4v) is 4.87. The molecule has 1 fully saturated rings. The number of nitrogens with two attached hydrogens (primary N) is 1. The van der Waals surface area contributed by atoms with Crippen molar-refractivity contribution in [2.24, 2.45) is 5.73 Å². The highest BCUT2D eigenvalue weighted by molar-refractivity contribution is 6.30. The lowest BCUT2D eigenvalue weighted by molar-refractivity contribution is 0.140. The number of benzene rings is 1. The topological polar surface area (TPSA) is 105 Å². The van der Waals surface area contributed by atoms with Crippen LogP contribution in [-0.4, -0.2) is 52.0 Å². The molecule has 36 heavy (non-hydrogen) atoms. The lowest BCUT2D eigenvalue weighted by atomic mass is 9.88. The number of primary amides is 1. The molecule has 2 aromatic heterocycles. The summed E-state index contributed by atoms with van der Waals surface area (Å²) in [6.45, 7) is 4.04. The summed E-state index contributed by atoms with van der Waals surface area (Å²) in [5.41, 5.74) is 11.1. The van der Waals surface area contributed by atoms with Gasteiger partial charge in [-0.2, -0.15) is 0 Å². The maximum atomic E-state index is 12.8. The van der Waals surface area contributed by atoms with Gasteiger partial charge < -0.3 is 20.4 Å². The van der Waals surface area contributed by atoms with E-state index in [0.29, 0.717) is 29.4 Å². The number of carbonyl (C=O) groups is 1. The number of nitrogens with one attached hydrogen (secondary N) is 1. The number of aryl methyl sites for hydroxylation is 1. The van der Waals surface area contributed by atoms with Gasteiger partial charge >= 0.3 is 6.03 Å². The number of allylic oxidation sites excluding steroid dienone is 1. The minimum atomic E-state index is -0.349. The monoisotopic (exact) mass is 505 g/mol. The Bertz CT molecular complexity index is 1340. The zero-order valence-electron chi connectivity index (χ0n) is 19.9. The largest absolute Gasteiger partial charge is 0.486 e. The fraction of sp³-hybridized carbons (Fsp3) is 0.296. The molecule has 2 aliphatic rings. The Labute approximate surface area is 214 Å². The number of halogens is 1. The number of piperazine rings is 1. The maximum absolute atomic E-state index is 12.8. The van der Waals surface area contributed by atoms with Crippen molar-refractivity contribution >= 4 is 29.3 Å². The molecule has 1 saturated heterocycles. The van der Waals surface area contributed by atoms with Crippen LogP contribution in [0.3, 0.4) is 0 Å². The minimum absolute atomic E-state index is 0.169. The maximum Gasteiger partial charge on any atom is 0.314 e. The van der Waals surface area contributed by atoms with Crippen LogP contribution >= 0.6 is 11.6 Å². The molecule has 3 aromatic rings. The molecule has 0 spiro atoms. The molecule has 5 rings (SSSR count). The molecular formula is C27H28ClN5O3. The average Bonchev–Trinajstić information content (AvgIpc) is 2.88. The van der Waals surface area contributed by atoms with Gasteiger partial charge in [-0.3, -0.25) is 14.7 Å². The molecule has 0 bridgehead atoms. The van der Waals surface area contributed by atoms with Gasteiger partial charge in [-0.05, 0) is 53.3 Å². The smallest absolute Gasteiger partial charge is 0.314 e. The minimum Gasteiger partial charge on any atom is -0.486 e. The van der Waals surface area contributed by atoms with Crippen LogP contribution < -0.4 is 16.0 Å². The molecule has 1 aliphatic carbocycles. The molecule has 3 N–H and O–H groups in total. The zero-order valence-corrected chi connectivity index (χ0v) is 20.6. The van der Waals surface area contributed by atoms with E-state index in [1.165, 1.54) is 11.1 Å². The molecule has 0 unspecified atom stereocenters. The molecule has 0 radical (unpaired) electrons. The molecule has 3 heterocycles. The van der Waals surface area contributed by atoms with Gasteiger partial charge in [-0.1, -0.05) is 35.9 Å². The Hall–Kier alpha value is -3.62. The van der Waals surface area contributed by atoms with Crippen molar-refractivity contribution in [3.63, 3.8) is 0 Å².